The Balaban J connectivity index is 3.24. The fourth-order valence-corrected chi connectivity index (χ4v) is 2.23. The molecule has 0 unspecified atom stereocenters. The average molecular weight is 407 g/mol. The van der Waals surface area contributed by atoms with E-state index in [0.29, 0.717) is 30.1 Å². The highest BCUT2D eigenvalue weighted by molar-refractivity contribution is 5.79. The van der Waals surface area contributed by atoms with Crippen molar-refractivity contribution in [2.75, 3.05) is 7.11 Å². The van der Waals surface area contributed by atoms with Gasteiger partial charge in [-0.3, -0.25) is 4.79 Å². The van der Waals surface area contributed by atoms with Crippen LogP contribution in [0.2, 0.25) is 0 Å². The second-order valence-corrected chi connectivity index (χ2v) is 8.59. The van der Waals surface area contributed by atoms with E-state index in [1.54, 1.807) is 12.1 Å². The number of benzene rings is 1. The molecule has 0 saturated carbocycles. The lowest BCUT2D eigenvalue weighted by Gasteiger charge is -2.27. The fraction of sp³-hybridized carbons (Fsp3) is 0.565. The maximum Gasteiger partial charge on any atom is 0.364 e. The Hall–Kier alpha value is -2.34. The van der Waals surface area contributed by atoms with Crippen molar-refractivity contribution in [3.8, 4) is 11.5 Å². The summed E-state index contributed by atoms with van der Waals surface area (Å²) >= 11 is 0. The van der Waals surface area contributed by atoms with Crippen molar-refractivity contribution < 1.29 is 29.5 Å². The SMILES string of the molecule is C=C(Oc1ccc(C[C@H]([NH3+])C(=O)OC)cc1OC(=O)C(C)(C)CC)C(C)(C)CC. The highest BCUT2D eigenvalue weighted by Gasteiger charge is 2.30. The number of esters is 2. The average Bonchev–Trinajstić information content (AvgIpc) is 2.68. The number of hydrogen-bond acceptors (Lipinski definition) is 5. The molecule has 0 aliphatic rings. The molecule has 0 radical (unpaired) electrons. The van der Waals surface area contributed by atoms with Gasteiger partial charge in [0.15, 0.2) is 17.5 Å². The molecule has 6 nitrogen and oxygen atoms in total. The summed E-state index contributed by atoms with van der Waals surface area (Å²) in [7, 11) is 1.33. The first-order valence-electron chi connectivity index (χ1n) is 10.0. The highest BCUT2D eigenvalue weighted by Crippen LogP contribution is 2.37. The van der Waals surface area contributed by atoms with Crippen molar-refractivity contribution in [2.45, 2.75) is 66.8 Å². The van der Waals surface area contributed by atoms with Crippen molar-refractivity contribution in [2.24, 2.45) is 10.8 Å². The van der Waals surface area contributed by atoms with Crippen molar-refractivity contribution in [3.05, 3.63) is 36.1 Å². The summed E-state index contributed by atoms with van der Waals surface area (Å²) in [6.45, 7) is 15.8. The third kappa shape index (κ3) is 6.60. The molecule has 1 atom stereocenters. The van der Waals surface area contributed by atoms with Crippen LogP contribution in [0.5, 0.6) is 11.5 Å². The van der Waals surface area contributed by atoms with E-state index >= 15 is 0 Å². The molecular formula is C23H36NO5+. The Kier molecular flexibility index (Phi) is 8.45. The number of ether oxygens (including phenoxy) is 3. The van der Waals surface area contributed by atoms with Gasteiger partial charge in [-0.1, -0.05) is 40.3 Å². The molecule has 0 saturated heterocycles. The van der Waals surface area contributed by atoms with Gasteiger partial charge in [0, 0.05) is 11.8 Å². The molecule has 0 aliphatic heterocycles. The first kappa shape index (κ1) is 24.7. The summed E-state index contributed by atoms with van der Waals surface area (Å²) in [5.74, 6) is 0.568. The second-order valence-electron chi connectivity index (χ2n) is 8.59. The quantitative estimate of drug-likeness (QED) is 0.364. The van der Waals surface area contributed by atoms with Crippen LogP contribution in [0.1, 0.15) is 59.9 Å². The summed E-state index contributed by atoms with van der Waals surface area (Å²) < 4.78 is 16.5. The monoisotopic (exact) mass is 406 g/mol. The molecule has 1 aromatic rings. The second kappa shape index (κ2) is 9.92. The topological polar surface area (TPSA) is 89.5 Å². The van der Waals surface area contributed by atoms with E-state index in [0.717, 1.165) is 12.0 Å². The molecule has 0 fully saturated rings. The van der Waals surface area contributed by atoms with E-state index in [-0.39, 0.29) is 11.4 Å². The molecule has 0 bridgehead atoms. The number of carbonyl (C=O) groups is 2. The first-order chi connectivity index (χ1) is 13.4. The van der Waals surface area contributed by atoms with Crippen LogP contribution in [0, 0.1) is 10.8 Å². The Labute approximate surface area is 174 Å². The van der Waals surface area contributed by atoms with Gasteiger partial charge in [-0.15, -0.1) is 0 Å². The highest BCUT2D eigenvalue weighted by atomic mass is 16.6. The number of methoxy groups -OCH3 is 1. The first-order valence-corrected chi connectivity index (χ1v) is 10.0. The van der Waals surface area contributed by atoms with Gasteiger partial charge in [0.1, 0.15) is 5.76 Å². The van der Waals surface area contributed by atoms with Crippen LogP contribution < -0.4 is 15.2 Å². The lowest BCUT2D eigenvalue weighted by Crippen LogP contribution is -2.66. The molecule has 0 spiro atoms. The molecule has 0 aliphatic carbocycles. The van der Waals surface area contributed by atoms with Crippen LogP contribution in [0.3, 0.4) is 0 Å². The molecule has 0 heterocycles. The van der Waals surface area contributed by atoms with Gasteiger partial charge >= 0.3 is 11.9 Å². The van der Waals surface area contributed by atoms with E-state index in [1.165, 1.54) is 7.11 Å². The van der Waals surface area contributed by atoms with Crippen LogP contribution >= 0.6 is 0 Å². The molecule has 3 N–H and O–H groups in total. The lowest BCUT2D eigenvalue weighted by molar-refractivity contribution is -0.407. The number of allylic oxidation sites excluding steroid dienone is 1. The third-order valence-electron chi connectivity index (χ3n) is 5.54. The Bertz CT molecular complexity index is 752. The number of hydrogen-bond donors (Lipinski definition) is 1. The summed E-state index contributed by atoms with van der Waals surface area (Å²) in [6, 6.07) is 4.71. The normalized spacial score (nSPS) is 12.8. The van der Waals surface area contributed by atoms with Crippen LogP contribution in [-0.2, 0) is 20.7 Å². The minimum atomic E-state index is -0.631. The molecule has 29 heavy (non-hydrogen) atoms. The number of quaternary nitrogens is 1. The molecular weight excluding hydrogens is 370 g/mol. The zero-order valence-electron chi connectivity index (χ0n) is 18.9. The van der Waals surface area contributed by atoms with E-state index in [1.807, 2.05) is 40.7 Å². The third-order valence-corrected chi connectivity index (χ3v) is 5.54. The van der Waals surface area contributed by atoms with Crippen LogP contribution in [0.25, 0.3) is 0 Å². The maximum atomic E-state index is 12.7. The zero-order chi connectivity index (χ0) is 22.4. The molecule has 1 aromatic carbocycles. The van der Waals surface area contributed by atoms with Crippen LogP contribution in [0.15, 0.2) is 30.5 Å². The largest absolute Gasteiger partial charge is 0.465 e. The minimum absolute atomic E-state index is 0.230. The smallest absolute Gasteiger partial charge is 0.364 e. The fourth-order valence-electron chi connectivity index (χ4n) is 2.23. The summed E-state index contributed by atoms with van der Waals surface area (Å²) in [4.78, 5) is 24.4. The Morgan fingerprint density at radius 1 is 1.03 bits per heavy atom. The molecule has 6 heteroatoms. The van der Waals surface area contributed by atoms with Crippen molar-refractivity contribution in [1.29, 1.82) is 0 Å². The van der Waals surface area contributed by atoms with Gasteiger partial charge in [-0.2, -0.15) is 0 Å². The Morgan fingerprint density at radius 2 is 1.62 bits per heavy atom. The lowest BCUT2D eigenvalue weighted by atomic mass is 9.88. The number of rotatable bonds is 10. The van der Waals surface area contributed by atoms with E-state index < -0.39 is 17.4 Å². The molecule has 162 valence electrons. The van der Waals surface area contributed by atoms with E-state index in [4.69, 9.17) is 14.2 Å². The molecule has 0 aromatic heterocycles. The molecule has 1 rings (SSSR count). The van der Waals surface area contributed by atoms with Crippen molar-refractivity contribution >= 4 is 11.9 Å². The van der Waals surface area contributed by atoms with Gasteiger partial charge in [0.2, 0.25) is 0 Å². The predicted molar refractivity (Wildman–Crippen MR) is 112 cm³/mol. The summed E-state index contributed by atoms with van der Waals surface area (Å²) in [6.07, 6.45) is 1.85. The van der Waals surface area contributed by atoms with Gasteiger partial charge in [-0.05, 0) is 44.4 Å². The van der Waals surface area contributed by atoms with E-state index in [2.05, 4.69) is 19.2 Å². The maximum absolute atomic E-state index is 12.7. The van der Waals surface area contributed by atoms with Gasteiger partial charge in [-0.25, -0.2) is 4.79 Å². The number of carbonyl (C=O) groups excluding carboxylic acids is 2. The molecule has 0 amide bonds. The summed E-state index contributed by atoms with van der Waals surface area (Å²) in [5, 5.41) is 0. The van der Waals surface area contributed by atoms with Crippen LogP contribution in [0.4, 0.5) is 0 Å². The zero-order valence-corrected chi connectivity index (χ0v) is 18.9. The summed E-state index contributed by atoms with van der Waals surface area (Å²) in [5.41, 5.74) is 3.76. The standard InChI is InChI=1S/C23H35NO5/c1-9-22(4,5)15(3)28-18-12-11-16(13-17(24)20(25)27-8)14-19(18)29-21(26)23(6,7)10-2/h11-12,14,17H,3,9-10,13,24H2,1-2,4-8H3/p+1/t17-/m0/s1. The van der Waals surface area contributed by atoms with Crippen molar-refractivity contribution in [1.82, 2.24) is 0 Å². The van der Waals surface area contributed by atoms with Gasteiger partial charge in [0.05, 0.1) is 12.5 Å². The Morgan fingerprint density at radius 3 is 2.14 bits per heavy atom. The predicted octanol–water partition coefficient (Wildman–Crippen LogP) is 3.68. The van der Waals surface area contributed by atoms with E-state index in [9.17, 15) is 9.59 Å². The minimum Gasteiger partial charge on any atom is -0.465 e. The van der Waals surface area contributed by atoms with Crippen LogP contribution in [-0.4, -0.2) is 25.1 Å². The van der Waals surface area contributed by atoms with Crippen molar-refractivity contribution in [3.63, 3.8) is 0 Å². The van der Waals surface area contributed by atoms with Gasteiger partial charge < -0.3 is 19.9 Å². The van der Waals surface area contributed by atoms with Gasteiger partial charge in [0.25, 0.3) is 0 Å².